The van der Waals surface area contributed by atoms with Crippen molar-refractivity contribution in [3.63, 3.8) is 0 Å². The number of ether oxygens (including phenoxy) is 2. The Morgan fingerprint density at radius 3 is 2.36 bits per heavy atom. The van der Waals surface area contributed by atoms with E-state index >= 15 is 0 Å². The largest absolute Gasteiger partial charge is 0.508 e. The van der Waals surface area contributed by atoms with Crippen molar-refractivity contribution < 1.29 is 34.7 Å². The number of phenolic OH excluding ortho intramolecular Hbond substituents is 2. The van der Waals surface area contributed by atoms with Crippen LogP contribution >= 0.6 is 0 Å². The minimum absolute atomic E-state index is 0.00590. The monoisotopic (exact) mass is 491 g/mol. The van der Waals surface area contributed by atoms with Gasteiger partial charge >= 0.3 is 5.97 Å². The van der Waals surface area contributed by atoms with Gasteiger partial charge in [-0.1, -0.05) is 30.2 Å². The lowest BCUT2D eigenvalue weighted by Crippen LogP contribution is -2.38. The van der Waals surface area contributed by atoms with E-state index in [0.717, 1.165) is 5.56 Å². The Labute approximate surface area is 209 Å². The lowest BCUT2D eigenvalue weighted by molar-refractivity contribution is -0.0401. The summed E-state index contributed by atoms with van der Waals surface area (Å²) in [4.78, 5) is 11.9. The Hall–Kier alpha value is -4.19. The first kappa shape index (κ1) is 26.4. The molecular formula is C28H29NO7. The third-order valence-electron chi connectivity index (χ3n) is 5.58. The molecule has 36 heavy (non-hydrogen) atoms. The number of aromatic carboxylic acids is 1. The van der Waals surface area contributed by atoms with Crippen LogP contribution in [0.1, 0.15) is 34.3 Å². The van der Waals surface area contributed by atoms with E-state index in [0.29, 0.717) is 12.2 Å². The van der Waals surface area contributed by atoms with Crippen LogP contribution in [0, 0.1) is 12.3 Å². The molecule has 0 saturated carbocycles. The van der Waals surface area contributed by atoms with Gasteiger partial charge in [0.1, 0.15) is 18.1 Å². The Balaban J connectivity index is 1.85. The number of terminal acetylenes is 1. The predicted octanol–water partition coefficient (Wildman–Crippen LogP) is 3.51. The number of phenols is 2. The van der Waals surface area contributed by atoms with E-state index in [1.54, 1.807) is 36.4 Å². The van der Waals surface area contributed by atoms with Crippen molar-refractivity contribution in [2.75, 3.05) is 13.2 Å². The van der Waals surface area contributed by atoms with Gasteiger partial charge in [0.25, 0.3) is 0 Å². The fourth-order valence-corrected chi connectivity index (χ4v) is 3.80. The molecule has 3 rings (SSSR count). The molecule has 0 aliphatic carbocycles. The second-order valence-electron chi connectivity index (χ2n) is 8.31. The first-order valence-electron chi connectivity index (χ1n) is 11.4. The normalized spacial score (nSPS) is 13.2. The highest BCUT2D eigenvalue weighted by molar-refractivity contribution is 5.90. The summed E-state index contributed by atoms with van der Waals surface area (Å²) >= 11 is 0. The number of hydrogen-bond acceptors (Lipinski definition) is 7. The van der Waals surface area contributed by atoms with E-state index < -0.39 is 18.2 Å². The molecule has 0 spiro atoms. The second-order valence-corrected chi connectivity index (χ2v) is 8.31. The van der Waals surface area contributed by atoms with E-state index in [-0.39, 0.29) is 47.6 Å². The minimum atomic E-state index is -1.49. The molecule has 0 saturated heterocycles. The van der Waals surface area contributed by atoms with Gasteiger partial charge in [0.2, 0.25) is 6.29 Å². The second kappa shape index (κ2) is 12.5. The molecule has 3 atom stereocenters. The topological polar surface area (TPSA) is 128 Å². The molecule has 8 heteroatoms. The molecule has 3 aromatic carbocycles. The van der Waals surface area contributed by atoms with Crippen molar-refractivity contribution in [2.24, 2.45) is 0 Å². The van der Waals surface area contributed by atoms with Crippen molar-refractivity contribution in [3.8, 4) is 35.3 Å². The molecule has 0 aliphatic heterocycles. The molecule has 5 N–H and O–H groups in total. The number of carboxylic acid groups (broad SMARTS) is 1. The SMILES string of the molecule is C#CCOc1ccccc1OC(O)C(CNC(C)Cc1ccc(O)cc1)c1cc(O)ccc1C(=O)O. The summed E-state index contributed by atoms with van der Waals surface area (Å²) in [6, 6.07) is 17.3. The van der Waals surface area contributed by atoms with Crippen LogP contribution in [-0.4, -0.2) is 51.9 Å². The zero-order valence-electron chi connectivity index (χ0n) is 19.8. The maximum atomic E-state index is 11.9. The van der Waals surface area contributed by atoms with Crippen molar-refractivity contribution in [1.82, 2.24) is 5.32 Å². The summed E-state index contributed by atoms with van der Waals surface area (Å²) in [6.45, 7) is 2.09. The van der Waals surface area contributed by atoms with E-state index in [1.165, 1.54) is 18.2 Å². The number of aliphatic hydroxyl groups is 1. The highest BCUT2D eigenvalue weighted by atomic mass is 16.6. The fraction of sp³-hybridized carbons (Fsp3) is 0.250. The minimum Gasteiger partial charge on any atom is -0.508 e. The van der Waals surface area contributed by atoms with E-state index in [2.05, 4.69) is 11.2 Å². The van der Waals surface area contributed by atoms with Crippen molar-refractivity contribution in [1.29, 1.82) is 0 Å². The fourth-order valence-electron chi connectivity index (χ4n) is 3.80. The summed E-state index contributed by atoms with van der Waals surface area (Å²) < 4.78 is 11.3. The summed E-state index contributed by atoms with van der Waals surface area (Å²) in [5, 5.41) is 43.7. The van der Waals surface area contributed by atoms with Gasteiger partial charge in [-0.3, -0.25) is 0 Å². The van der Waals surface area contributed by atoms with Crippen molar-refractivity contribution in [3.05, 3.63) is 83.4 Å². The van der Waals surface area contributed by atoms with Gasteiger partial charge in [0.15, 0.2) is 11.5 Å². The Kier molecular flexibility index (Phi) is 9.17. The summed E-state index contributed by atoms with van der Waals surface area (Å²) in [6.07, 6.45) is 4.41. The first-order valence-corrected chi connectivity index (χ1v) is 11.4. The van der Waals surface area contributed by atoms with E-state index in [1.807, 2.05) is 19.1 Å². The van der Waals surface area contributed by atoms with E-state index in [4.69, 9.17) is 15.9 Å². The van der Waals surface area contributed by atoms with Crippen LogP contribution in [0.15, 0.2) is 66.7 Å². The van der Waals surface area contributed by atoms with Crippen LogP contribution in [-0.2, 0) is 6.42 Å². The molecule has 3 aromatic rings. The number of aliphatic hydroxyl groups excluding tert-OH is 1. The third-order valence-corrected chi connectivity index (χ3v) is 5.58. The smallest absolute Gasteiger partial charge is 0.335 e. The molecule has 3 unspecified atom stereocenters. The van der Waals surface area contributed by atoms with Crippen LogP contribution in [0.4, 0.5) is 0 Å². The molecule has 0 aromatic heterocycles. The van der Waals surface area contributed by atoms with Gasteiger partial charge in [0, 0.05) is 12.6 Å². The third kappa shape index (κ3) is 7.15. The number of benzene rings is 3. The van der Waals surface area contributed by atoms with Crippen LogP contribution in [0.2, 0.25) is 0 Å². The van der Waals surface area contributed by atoms with Gasteiger partial charge < -0.3 is 35.2 Å². The summed E-state index contributed by atoms with van der Waals surface area (Å²) in [5.74, 6) is 0.909. The maximum Gasteiger partial charge on any atom is 0.335 e. The molecule has 0 bridgehead atoms. The number of carbonyl (C=O) groups is 1. The van der Waals surface area contributed by atoms with E-state index in [9.17, 15) is 25.2 Å². The number of nitrogens with one attached hydrogen (secondary N) is 1. The highest BCUT2D eigenvalue weighted by Gasteiger charge is 2.29. The summed E-state index contributed by atoms with van der Waals surface area (Å²) in [7, 11) is 0. The predicted molar refractivity (Wildman–Crippen MR) is 134 cm³/mol. The summed E-state index contributed by atoms with van der Waals surface area (Å²) in [5.41, 5.74) is 1.14. The Morgan fingerprint density at radius 2 is 1.69 bits per heavy atom. The lowest BCUT2D eigenvalue weighted by Gasteiger charge is -2.28. The highest BCUT2D eigenvalue weighted by Crippen LogP contribution is 2.32. The zero-order chi connectivity index (χ0) is 26.1. The van der Waals surface area contributed by atoms with Crippen LogP contribution in [0.3, 0.4) is 0 Å². The van der Waals surface area contributed by atoms with Crippen LogP contribution in [0.25, 0.3) is 0 Å². The number of rotatable bonds is 12. The van der Waals surface area contributed by atoms with Crippen LogP contribution in [0.5, 0.6) is 23.0 Å². The average Bonchev–Trinajstić information content (AvgIpc) is 2.85. The average molecular weight is 492 g/mol. The number of carboxylic acids is 1. The standard InChI is InChI=1S/C28H29NO7/c1-3-14-35-25-6-4-5-7-26(25)36-28(34)24(23-16-21(31)12-13-22(23)27(32)33)17-29-18(2)15-19-8-10-20(30)11-9-19/h1,4-13,16,18,24,28-31,34H,14-15,17H2,2H3,(H,32,33). The van der Waals surface area contributed by atoms with Gasteiger partial charge in [-0.15, -0.1) is 6.42 Å². The van der Waals surface area contributed by atoms with Crippen molar-refractivity contribution >= 4 is 5.97 Å². The zero-order valence-corrected chi connectivity index (χ0v) is 19.8. The molecule has 0 aliphatic rings. The molecule has 0 radical (unpaired) electrons. The van der Waals surface area contributed by atoms with Gasteiger partial charge in [-0.05, 0) is 66.9 Å². The lowest BCUT2D eigenvalue weighted by atomic mass is 9.92. The van der Waals surface area contributed by atoms with Gasteiger partial charge in [-0.25, -0.2) is 4.79 Å². The quantitative estimate of drug-likeness (QED) is 0.192. The number of para-hydroxylation sites is 2. The molecule has 188 valence electrons. The Bertz CT molecular complexity index is 1200. The molecule has 0 fully saturated rings. The number of aromatic hydroxyl groups is 2. The van der Waals surface area contributed by atoms with Gasteiger partial charge in [0.05, 0.1) is 11.5 Å². The molecular weight excluding hydrogens is 462 g/mol. The number of hydrogen-bond donors (Lipinski definition) is 5. The molecule has 8 nitrogen and oxygen atoms in total. The first-order chi connectivity index (χ1) is 17.3. The van der Waals surface area contributed by atoms with Gasteiger partial charge in [-0.2, -0.15) is 0 Å². The Morgan fingerprint density at radius 1 is 1.03 bits per heavy atom. The maximum absolute atomic E-state index is 11.9. The van der Waals surface area contributed by atoms with Crippen LogP contribution < -0.4 is 14.8 Å². The van der Waals surface area contributed by atoms with Crippen molar-refractivity contribution in [2.45, 2.75) is 31.6 Å². The molecule has 0 amide bonds. The molecule has 0 heterocycles.